The summed E-state index contributed by atoms with van der Waals surface area (Å²) in [6.45, 7) is 6.51. The van der Waals surface area contributed by atoms with Crippen molar-refractivity contribution in [1.82, 2.24) is 0 Å². The predicted molar refractivity (Wildman–Crippen MR) is 133 cm³/mol. The minimum absolute atomic E-state index is 0.0380. The number of rotatable bonds is 24. The van der Waals surface area contributed by atoms with Crippen LogP contribution in [0.3, 0.4) is 0 Å². The van der Waals surface area contributed by atoms with Crippen LogP contribution >= 0.6 is 0 Å². The molecule has 0 rings (SSSR count). The van der Waals surface area contributed by atoms with Crippen LogP contribution < -0.4 is 0 Å². The van der Waals surface area contributed by atoms with Crippen molar-refractivity contribution in [2.45, 2.75) is 156 Å². The molecule has 0 aliphatic rings. The van der Waals surface area contributed by atoms with Crippen LogP contribution in [0.4, 0.5) is 0 Å². The second kappa shape index (κ2) is 23.8. The molecule has 3 heteroatoms. The second-order valence-corrected chi connectivity index (χ2v) is 9.48. The molecule has 1 unspecified atom stereocenters. The Kier molecular flexibility index (Phi) is 23.1. The lowest BCUT2D eigenvalue weighted by molar-refractivity contribution is -0.152. The zero-order valence-electron chi connectivity index (χ0n) is 21.4. The fraction of sp³-hybridized carbons (Fsp3) is 0.929. The van der Waals surface area contributed by atoms with E-state index in [0.29, 0.717) is 13.0 Å². The van der Waals surface area contributed by atoms with E-state index in [-0.39, 0.29) is 11.8 Å². The van der Waals surface area contributed by atoms with Gasteiger partial charge in [0.05, 0.1) is 6.61 Å². The molecule has 1 atom stereocenters. The van der Waals surface area contributed by atoms with Crippen LogP contribution in [0.1, 0.15) is 156 Å². The maximum absolute atomic E-state index is 12.3. The van der Waals surface area contributed by atoms with Crippen LogP contribution in [0.15, 0.2) is 0 Å². The Hall–Kier alpha value is -0.860. The number of esters is 1. The Labute approximate surface area is 194 Å². The van der Waals surface area contributed by atoms with Gasteiger partial charge in [0.25, 0.3) is 0 Å². The van der Waals surface area contributed by atoms with Crippen molar-refractivity contribution in [1.29, 1.82) is 0 Å². The van der Waals surface area contributed by atoms with Gasteiger partial charge in [0.1, 0.15) is 11.7 Å². The van der Waals surface area contributed by atoms with Crippen LogP contribution in [-0.2, 0) is 14.3 Å². The molecule has 0 aliphatic heterocycles. The number of carbonyl (C=O) groups is 2. The third kappa shape index (κ3) is 20.8. The molecule has 0 spiro atoms. The first-order chi connectivity index (χ1) is 15.1. The van der Waals surface area contributed by atoms with Gasteiger partial charge >= 0.3 is 5.97 Å². The number of Topliss-reactive ketones (excluding diaryl/α,β-unsaturated/α-hetero) is 1. The summed E-state index contributed by atoms with van der Waals surface area (Å²) < 4.78 is 5.42. The number of unbranched alkanes of at least 4 members (excludes halogenated alkanes) is 18. The van der Waals surface area contributed by atoms with Crippen LogP contribution in [0, 0.1) is 5.92 Å². The summed E-state index contributed by atoms with van der Waals surface area (Å²) in [5.41, 5.74) is 0. The number of hydrogen-bond acceptors (Lipinski definition) is 3. The Balaban J connectivity index is 3.63. The summed E-state index contributed by atoms with van der Waals surface area (Å²) >= 11 is 0. The number of ether oxygens (including phenoxy) is 1. The molecule has 0 amide bonds. The lowest BCUT2D eigenvalue weighted by atomic mass is 9.97. The summed E-state index contributed by atoms with van der Waals surface area (Å²) in [7, 11) is 0. The van der Waals surface area contributed by atoms with Crippen molar-refractivity contribution in [3.8, 4) is 0 Å². The molecule has 0 N–H and O–H groups in total. The van der Waals surface area contributed by atoms with Gasteiger partial charge in [0.15, 0.2) is 0 Å². The van der Waals surface area contributed by atoms with Gasteiger partial charge in [-0.3, -0.25) is 9.59 Å². The smallest absolute Gasteiger partial charge is 0.316 e. The van der Waals surface area contributed by atoms with E-state index in [0.717, 1.165) is 25.7 Å². The Morgan fingerprint density at radius 3 is 1.29 bits per heavy atom. The van der Waals surface area contributed by atoms with Crippen molar-refractivity contribution in [2.24, 2.45) is 5.92 Å². The highest BCUT2D eigenvalue weighted by molar-refractivity contribution is 5.97. The minimum Gasteiger partial charge on any atom is -0.465 e. The molecule has 0 aliphatic carbocycles. The van der Waals surface area contributed by atoms with Crippen LogP contribution in [-0.4, -0.2) is 18.4 Å². The van der Waals surface area contributed by atoms with Crippen molar-refractivity contribution < 1.29 is 14.3 Å². The van der Waals surface area contributed by atoms with E-state index in [4.69, 9.17) is 4.74 Å². The normalized spacial score (nSPS) is 12.1. The molecule has 0 fully saturated rings. The predicted octanol–water partition coefficient (Wildman–Crippen LogP) is 8.97. The van der Waals surface area contributed by atoms with Crippen LogP contribution in [0.5, 0.6) is 0 Å². The molecule has 0 aromatic heterocycles. The standard InChI is InChI=1S/C28H54O3/c1-4-6-8-10-12-14-16-18-20-22-24-27(26(3)29)28(30)31-25-23-21-19-17-15-13-11-9-7-5-2/h27H,4-25H2,1-3H3. The highest BCUT2D eigenvalue weighted by Gasteiger charge is 2.24. The molecule has 184 valence electrons. The third-order valence-electron chi connectivity index (χ3n) is 6.36. The van der Waals surface area contributed by atoms with Crippen LogP contribution in [0.25, 0.3) is 0 Å². The fourth-order valence-electron chi connectivity index (χ4n) is 4.19. The third-order valence-corrected chi connectivity index (χ3v) is 6.36. The Morgan fingerprint density at radius 2 is 0.903 bits per heavy atom. The lowest BCUT2D eigenvalue weighted by Crippen LogP contribution is -2.24. The summed E-state index contributed by atoms with van der Waals surface area (Å²) in [5.74, 6) is -0.875. The first-order valence-corrected chi connectivity index (χ1v) is 13.8. The highest BCUT2D eigenvalue weighted by Crippen LogP contribution is 2.16. The van der Waals surface area contributed by atoms with E-state index >= 15 is 0 Å². The van der Waals surface area contributed by atoms with E-state index < -0.39 is 5.92 Å². The molecule has 0 saturated carbocycles. The number of hydrogen-bond donors (Lipinski definition) is 0. The van der Waals surface area contributed by atoms with Gasteiger partial charge in [-0.2, -0.15) is 0 Å². The van der Waals surface area contributed by atoms with Crippen molar-refractivity contribution in [3.05, 3.63) is 0 Å². The van der Waals surface area contributed by atoms with E-state index in [1.54, 1.807) is 0 Å². The van der Waals surface area contributed by atoms with Crippen molar-refractivity contribution >= 4 is 11.8 Å². The topological polar surface area (TPSA) is 43.4 Å². The highest BCUT2D eigenvalue weighted by atomic mass is 16.5. The van der Waals surface area contributed by atoms with Crippen molar-refractivity contribution in [3.63, 3.8) is 0 Å². The van der Waals surface area contributed by atoms with Gasteiger partial charge < -0.3 is 4.74 Å². The van der Waals surface area contributed by atoms with Crippen LogP contribution in [0.2, 0.25) is 0 Å². The van der Waals surface area contributed by atoms with E-state index in [2.05, 4.69) is 13.8 Å². The van der Waals surface area contributed by atoms with Gasteiger partial charge in [-0.05, 0) is 19.8 Å². The molecule has 0 aromatic rings. The largest absolute Gasteiger partial charge is 0.465 e. The zero-order chi connectivity index (χ0) is 23.0. The monoisotopic (exact) mass is 438 g/mol. The Bertz CT molecular complexity index is 405. The zero-order valence-corrected chi connectivity index (χ0v) is 21.4. The molecule has 0 aromatic carbocycles. The summed E-state index contributed by atoms with van der Waals surface area (Å²) in [5, 5.41) is 0. The number of carbonyl (C=O) groups excluding carboxylic acids is 2. The van der Waals surface area contributed by atoms with Gasteiger partial charge in [-0.25, -0.2) is 0 Å². The maximum Gasteiger partial charge on any atom is 0.316 e. The quantitative estimate of drug-likeness (QED) is 0.0857. The average Bonchev–Trinajstić information content (AvgIpc) is 2.75. The minimum atomic E-state index is -0.544. The molecule has 0 saturated heterocycles. The molecule has 0 radical (unpaired) electrons. The first-order valence-electron chi connectivity index (χ1n) is 13.8. The second-order valence-electron chi connectivity index (χ2n) is 9.48. The SMILES string of the molecule is CCCCCCCCCCCCOC(=O)C(CCCCCCCCCCCC)C(C)=O. The molecule has 31 heavy (non-hydrogen) atoms. The van der Waals surface area contributed by atoms with Gasteiger partial charge in [-0.1, -0.05) is 136 Å². The molecular weight excluding hydrogens is 384 g/mol. The van der Waals surface area contributed by atoms with Gasteiger partial charge in [0, 0.05) is 0 Å². The summed E-state index contributed by atoms with van der Waals surface area (Å²) in [6.07, 6.45) is 25.9. The fourth-order valence-corrected chi connectivity index (χ4v) is 4.19. The molecule has 0 bridgehead atoms. The van der Waals surface area contributed by atoms with E-state index in [1.165, 1.54) is 110 Å². The maximum atomic E-state index is 12.3. The average molecular weight is 439 g/mol. The van der Waals surface area contributed by atoms with E-state index in [1.807, 2.05) is 0 Å². The number of ketones is 1. The summed E-state index contributed by atoms with van der Waals surface area (Å²) in [6, 6.07) is 0. The van der Waals surface area contributed by atoms with E-state index in [9.17, 15) is 9.59 Å². The molecule has 3 nitrogen and oxygen atoms in total. The Morgan fingerprint density at radius 1 is 0.548 bits per heavy atom. The lowest BCUT2D eigenvalue weighted by Gasteiger charge is -2.13. The summed E-state index contributed by atoms with van der Waals surface area (Å²) in [4.78, 5) is 24.2. The first kappa shape index (κ1) is 30.1. The van der Waals surface area contributed by atoms with Gasteiger partial charge in [0.2, 0.25) is 0 Å². The molecule has 0 heterocycles. The van der Waals surface area contributed by atoms with Crippen molar-refractivity contribution in [2.75, 3.05) is 6.61 Å². The van der Waals surface area contributed by atoms with Gasteiger partial charge in [-0.15, -0.1) is 0 Å². The molecular formula is C28H54O3.